The molecule has 0 aliphatic carbocycles. The fraction of sp³-hybridized carbons (Fsp3) is 0.222. The molecule has 0 aliphatic rings. The van der Waals surface area contributed by atoms with Crippen LogP contribution in [0.1, 0.15) is 22.3 Å². The van der Waals surface area contributed by atoms with E-state index in [4.69, 9.17) is 32.7 Å². The van der Waals surface area contributed by atoms with E-state index < -0.39 is 5.91 Å². The third-order valence-corrected chi connectivity index (χ3v) is 4.11. The number of ether oxygens (including phenoxy) is 2. The Bertz CT molecular complexity index is 790. The van der Waals surface area contributed by atoms with E-state index in [0.717, 1.165) is 5.56 Å². The van der Waals surface area contributed by atoms with Gasteiger partial charge in [-0.25, -0.2) is 0 Å². The van der Waals surface area contributed by atoms with Crippen LogP contribution in [-0.2, 0) is 11.2 Å². The summed E-state index contributed by atoms with van der Waals surface area (Å²) >= 11 is 11.8. The minimum absolute atomic E-state index is 0.167. The van der Waals surface area contributed by atoms with Gasteiger partial charge in [0.25, 0.3) is 5.91 Å². The molecule has 0 unspecified atom stereocenters. The van der Waals surface area contributed by atoms with Crippen LogP contribution in [-0.4, -0.2) is 26.0 Å². The van der Waals surface area contributed by atoms with Gasteiger partial charge in [-0.05, 0) is 42.3 Å². The highest BCUT2D eigenvalue weighted by Gasteiger charge is 2.12. The first-order valence-electron chi connectivity index (χ1n) is 7.69. The van der Waals surface area contributed by atoms with E-state index in [-0.39, 0.29) is 22.9 Å². The van der Waals surface area contributed by atoms with Crippen molar-refractivity contribution in [2.75, 3.05) is 14.2 Å². The first-order chi connectivity index (χ1) is 12.4. The maximum Gasteiger partial charge on any atom is 0.271 e. The topological polar surface area (TPSA) is 76.7 Å². The Morgan fingerprint density at radius 1 is 0.962 bits per heavy atom. The summed E-state index contributed by atoms with van der Waals surface area (Å²) in [6, 6.07) is 9.89. The van der Waals surface area contributed by atoms with Crippen molar-refractivity contribution in [3.8, 4) is 11.5 Å². The van der Waals surface area contributed by atoms with E-state index >= 15 is 0 Å². The first kappa shape index (κ1) is 19.9. The summed E-state index contributed by atoms with van der Waals surface area (Å²) in [5, 5.41) is 0.613. The molecule has 26 heavy (non-hydrogen) atoms. The van der Waals surface area contributed by atoms with Crippen LogP contribution < -0.4 is 20.3 Å². The molecule has 0 fully saturated rings. The quantitative estimate of drug-likeness (QED) is 0.733. The van der Waals surface area contributed by atoms with Gasteiger partial charge in [-0.1, -0.05) is 23.2 Å². The summed E-state index contributed by atoms with van der Waals surface area (Å²) in [5.74, 6) is 0.388. The molecule has 2 aromatic rings. The summed E-state index contributed by atoms with van der Waals surface area (Å²) in [5.41, 5.74) is 5.72. The number of rotatable bonds is 6. The minimum Gasteiger partial charge on any atom is -0.497 e. The van der Waals surface area contributed by atoms with Crippen LogP contribution in [0.15, 0.2) is 36.4 Å². The van der Waals surface area contributed by atoms with Gasteiger partial charge in [0.15, 0.2) is 0 Å². The van der Waals surface area contributed by atoms with Crippen LogP contribution in [0.25, 0.3) is 0 Å². The number of hydrazine groups is 1. The van der Waals surface area contributed by atoms with Gasteiger partial charge in [0.1, 0.15) is 11.5 Å². The Hall–Kier alpha value is -2.44. The maximum atomic E-state index is 12.1. The molecule has 0 bridgehead atoms. The van der Waals surface area contributed by atoms with Crippen molar-refractivity contribution in [2.45, 2.75) is 12.8 Å². The molecule has 2 rings (SSSR count). The lowest BCUT2D eigenvalue weighted by Crippen LogP contribution is -2.41. The number of aryl methyl sites for hydroxylation is 1. The zero-order valence-electron chi connectivity index (χ0n) is 14.3. The van der Waals surface area contributed by atoms with Crippen molar-refractivity contribution in [3.63, 3.8) is 0 Å². The summed E-state index contributed by atoms with van der Waals surface area (Å²) < 4.78 is 10.4. The van der Waals surface area contributed by atoms with Crippen molar-refractivity contribution in [1.82, 2.24) is 10.9 Å². The molecule has 2 N–H and O–H groups in total. The van der Waals surface area contributed by atoms with E-state index in [1.807, 2.05) is 12.1 Å². The molecule has 0 saturated heterocycles. The van der Waals surface area contributed by atoms with Crippen LogP contribution in [0.5, 0.6) is 11.5 Å². The van der Waals surface area contributed by atoms with Gasteiger partial charge in [0, 0.05) is 17.5 Å². The highest BCUT2D eigenvalue weighted by atomic mass is 35.5. The summed E-state index contributed by atoms with van der Waals surface area (Å²) in [4.78, 5) is 24.0. The zero-order chi connectivity index (χ0) is 19.1. The lowest BCUT2D eigenvalue weighted by atomic mass is 10.1. The van der Waals surface area contributed by atoms with E-state index in [1.54, 1.807) is 26.4 Å². The minimum atomic E-state index is -0.547. The van der Waals surface area contributed by atoms with Crippen molar-refractivity contribution >= 4 is 35.0 Å². The van der Waals surface area contributed by atoms with E-state index in [9.17, 15) is 9.59 Å². The zero-order valence-corrected chi connectivity index (χ0v) is 15.8. The molecule has 138 valence electrons. The van der Waals surface area contributed by atoms with Crippen molar-refractivity contribution in [1.29, 1.82) is 0 Å². The summed E-state index contributed by atoms with van der Waals surface area (Å²) in [6.45, 7) is 0. The maximum absolute atomic E-state index is 12.1. The molecule has 0 spiro atoms. The van der Waals surface area contributed by atoms with Gasteiger partial charge >= 0.3 is 0 Å². The Morgan fingerprint density at radius 3 is 2.23 bits per heavy atom. The Labute approximate surface area is 161 Å². The first-order valence-corrected chi connectivity index (χ1v) is 8.44. The molecule has 0 saturated carbocycles. The Kier molecular flexibility index (Phi) is 7.12. The van der Waals surface area contributed by atoms with Gasteiger partial charge in [-0.2, -0.15) is 0 Å². The second-order valence-corrected chi connectivity index (χ2v) is 6.19. The molecule has 0 atom stereocenters. The molecule has 0 aromatic heterocycles. The van der Waals surface area contributed by atoms with Gasteiger partial charge in [0.05, 0.1) is 24.8 Å². The predicted molar refractivity (Wildman–Crippen MR) is 99.9 cm³/mol. The number of benzene rings is 2. The average molecular weight is 397 g/mol. The van der Waals surface area contributed by atoms with Crippen molar-refractivity contribution in [3.05, 3.63) is 57.6 Å². The SMILES string of the molecule is COc1cc(CCC(=O)NNC(=O)c2cc(Cl)ccc2Cl)cc(OC)c1. The fourth-order valence-electron chi connectivity index (χ4n) is 2.20. The Balaban J connectivity index is 1.89. The van der Waals surface area contributed by atoms with Crippen LogP contribution in [0, 0.1) is 0 Å². The second-order valence-electron chi connectivity index (χ2n) is 5.35. The number of methoxy groups -OCH3 is 2. The molecule has 0 radical (unpaired) electrons. The molecule has 6 nitrogen and oxygen atoms in total. The third-order valence-electron chi connectivity index (χ3n) is 3.54. The average Bonchev–Trinajstić information content (AvgIpc) is 2.65. The monoisotopic (exact) mass is 396 g/mol. The molecule has 2 aromatic carbocycles. The second kappa shape index (κ2) is 9.31. The molecular formula is C18H18Cl2N2O4. The van der Waals surface area contributed by atoms with Gasteiger partial charge < -0.3 is 9.47 Å². The largest absolute Gasteiger partial charge is 0.497 e. The molecule has 0 heterocycles. The van der Waals surface area contributed by atoms with Crippen LogP contribution in [0.4, 0.5) is 0 Å². The van der Waals surface area contributed by atoms with E-state index in [0.29, 0.717) is 22.9 Å². The van der Waals surface area contributed by atoms with E-state index in [1.165, 1.54) is 12.1 Å². The molecule has 0 aliphatic heterocycles. The number of carbonyl (C=O) groups excluding carboxylic acids is 2. The number of amides is 2. The van der Waals surface area contributed by atoms with Crippen LogP contribution in [0.3, 0.4) is 0 Å². The van der Waals surface area contributed by atoms with E-state index in [2.05, 4.69) is 10.9 Å². The van der Waals surface area contributed by atoms with Gasteiger partial charge in [-0.3, -0.25) is 20.4 Å². The van der Waals surface area contributed by atoms with Gasteiger partial charge in [0.2, 0.25) is 5.91 Å². The lowest BCUT2D eigenvalue weighted by Gasteiger charge is -2.10. The number of nitrogens with one attached hydrogen (secondary N) is 2. The van der Waals surface area contributed by atoms with Crippen LogP contribution in [0.2, 0.25) is 10.0 Å². The highest BCUT2D eigenvalue weighted by Crippen LogP contribution is 2.23. The smallest absolute Gasteiger partial charge is 0.271 e. The Morgan fingerprint density at radius 2 is 1.62 bits per heavy atom. The fourth-order valence-corrected chi connectivity index (χ4v) is 2.57. The van der Waals surface area contributed by atoms with Crippen molar-refractivity contribution < 1.29 is 19.1 Å². The molecule has 8 heteroatoms. The number of halogens is 2. The van der Waals surface area contributed by atoms with Crippen LogP contribution >= 0.6 is 23.2 Å². The number of carbonyl (C=O) groups is 2. The number of hydrogen-bond donors (Lipinski definition) is 2. The number of hydrogen-bond acceptors (Lipinski definition) is 4. The summed E-state index contributed by atoms with van der Waals surface area (Å²) in [7, 11) is 3.11. The molecular weight excluding hydrogens is 379 g/mol. The lowest BCUT2D eigenvalue weighted by molar-refractivity contribution is -0.121. The standard InChI is InChI=1S/C18H18Cl2N2O4/c1-25-13-7-11(8-14(10-13)26-2)3-6-17(23)21-22-18(24)15-9-12(19)4-5-16(15)20/h4-5,7-10H,3,6H2,1-2H3,(H,21,23)(H,22,24). The van der Waals surface area contributed by atoms with Crippen molar-refractivity contribution in [2.24, 2.45) is 0 Å². The summed E-state index contributed by atoms with van der Waals surface area (Å²) in [6.07, 6.45) is 0.618. The highest BCUT2D eigenvalue weighted by molar-refractivity contribution is 6.35. The third kappa shape index (κ3) is 5.54. The van der Waals surface area contributed by atoms with Gasteiger partial charge in [-0.15, -0.1) is 0 Å². The molecule has 2 amide bonds. The predicted octanol–water partition coefficient (Wildman–Crippen LogP) is 3.40. The normalized spacial score (nSPS) is 10.2.